The molecule has 1 aromatic heterocycles. The van der Waals surface area contributed by atoms with Crippen molar-refractivity contribution in [1.29, 1.82) is 0 Å². The van der Waals surface area contributed by atoms with E-state index in [-0.39, 0.29) is 11.3 Å². The van der Waals surface area contributed by atoms with Crippen molar-refractivity contribution in [1.82, 2.24) is 15.5 Å². The highest BCUT2D eigenvalue weighted by Gasteiger charge is 2.39. The smallest absolute Gasteiger partial charge is 0.233 e. The van der Waals surface area contributed by atoms with Crippen LogP contribution in [0.25, 0.3) is 0 Å². The van der Waals surface area contributed by atoms with Gasteiger partial charge in [0.2, 0.25) is 5.91 Å². The standard InChI is InChI=1S/C12H20N4O/c1-3-9-7-14-16-10(9)15-11(17)12(4-2)5-6-13-8-12/h7,13H,3-6,8H2,1-2H3,(H2,14,15,16,17). The first kappa shape index (κ1) is 12.1. The Balaban J connectivity index is 2.10. The van der Waals surface area contributed by atoms with Gasteiger partial charge in [-0.15, -0.1) is 0 Å². The first-order valence-corrected chi connectivity index (χ1v) is 6.26. The minimum atomic E-state index is -0.254. The number of anilines is 1. The molecule has 1 amide bonds. The third-order valence-corrected chi connectivity index (χ3v) is 3.74. The number of carbonyl (C=O) groups excluding carboxylic acids is 1. The number of carbonyl (C=O) groups is 1. The molecule has 2 heterocycles. The molecule has 1 aliphatic heterocycles. The van der Waals surface area contributed by atoms with E-state index in [2.05, 4.69) is 27.8 Å². The highest BCUT2D eigenvalue weighted by atomic mass is 16.2. The van der Waals surface area contributed by atoms with E-state index in [1.807, 2.05) is 6.92 Å². The molecule has 0 saturated carbocycles. The number of H-pyrrole nitrogens is 1. The van der Waals surface area contributed by atoms with E-state index in [4.69, 9.17) is 0 Å². The summed E-state index contributed by atoms with van der Waals surface area (Å²) >= 11 is 0. The highest BCUT2D eigenvalue weighted by Crippen LogP contribution is 2.31. The fraction of sp³-hybridized carbons (Fsp3) is 0.667. The van der Waals surface area contributed by atoms with Crippen LogP contribution in [0.4, 0.5) is 5.82 Å². The molecule has 94 valence electrons. The molecule has 3 N–H and O–H groups in total. The second-order valence-corrected chi connectivity index (χ2v) is 4.64. The van der Waals surface area contributed by atoms with Crippen LogP contribution in [0.15, 0.2) is 6.20 Å². The summed E-state index contributed by atoms with van der Waals surface area (Å²) in [5.74, 6) is 0.848. The number of nitrogens with zero attached hydrogens (tertiary/aromatic N) is 1. The Morgan fingerprint density at radius 2 is 2.41 bits per heavy atom. The third kappa shape index (κ3) is 2.20. The molecule has 0 aliphatic carbocycles. The molecule has 1 fully saturated rings. The van der Waals surface area contributed by atoms with Crippen molar-refractivity contribution in [3.63, 3.8) is 0 Å². The zero-order valence-electron chi connectivity index (χ0n) is 10.5. The molecule has 0 spiro atoms. The summed E-state index contributed by atoms with van der Waals surface area (Å²) < 4.78 is 0. The molecule has 0 aromatic carbocycles. The Morgan fingerprint density at radius 1 is 1.59 bits per heavy atom. The van der Waals surface area contributed by atoms with Crippen LogP contribution in [0.3, 0.4) is 0 Å². The van der Waals surface area contributed by atoms with Crippen LogP contribution in [0.5, 0.6) is 0 Å². The van der Waals surface area contributed by atoms with Crippen LogP contribution < -0.4 is 10.6 Å². The van der Waals surface area contributed by atoms with Crippen LogP contribution in [-0.4, -0.2) is 29.2 Å². The molecule has 2 rings (SSSR count). The van der Waals surface area contributed by atoms with E-state index in [1.54, 1.807) is 6.20 Å². The van der Waals surface area contributed by atoms with E-state index < -0.39 is 0 Å². The summed E-state index contributed by atoms with van der Waals surface area (Å²) in [7, 11) is 0. The van der Waals surface area contributed by atoms with Gasteiger partial charge in [0.25, 0.3) is 0 Å². The summed E-state index contributed by atoms with van der Waals surface area (Å²) in [5.41, 5.74) is 0.798. The first-order valence-electron chi connectivity index (χ1n) is 6.26. The molecular formula is C12H20N4O. The van der Waals surface area contributed by atoms with E-state index in [0.717, 1.165) is 43.7 Å². The number of hydrogen-bond acceptors (Lipinski definition) is 3. The number of rotatable bonds is 4. The second kappa shape index (κ2) is 4.87. The zero-order chi connectivity index (χ0) is 12.3. The average Bonchev–Trinajstić information content (AvgIpc) is 2.97. The van der Waals surface area contributed by atoms with Crippen LogP contribution in [-0.2, 0) is 11.2 Å². The number of hydrogen-bond donors (Lipinski definition) is 3. The predicted octanol–water partition coefficient (Wildman–Crippen LogP) is 1.30. The van der Waals surface area contributed by atoms with Crippen molar-refractivity contribution in [2.45, 2.75) is 33.1 Å². The second-order valence-electron chi connectivity index (χ2n) is 4.64. The lowest BCUT2D eigenvalue weighted by Gasteiger charge is -2.24. The largest absolute Gasteiger partial charge is 0.316 e. The monoisotopic (exact) mass is 236 g/mol. The van der Waals surface area contributed by atoms with Gasteiger partial charge in [-0.25, -0.2) is 0 Å². The van der Waals surface area contributed by atoms with Gasteiger partial charge in [-0.2, -0.15) is 5.10 Å². The maximum absolute atomic E-state index is 12.3. The molecule has 0 radical (unpaired) electrons. The molecule has 1 aromatic rings. The Bertz CT molecular complexity index is 393. The lowest BCUT2D eigenvalue weighted by atomic mass is 9.83. The summed E-state index contributed by atoms with van der Waals surface area (Å²) in [6, 6.07) is 0. The van der Waals surface area contributed by atoms with Crippen LogP contribution in [0.1, 0.15) is 32.3 Å². The molecule has 1 aliphatic rings. The van der Waals surface area contributed by atoms with Crippen molar-refractivity contribution >= 4 is 11.7 Å². The molecular weight excluding hydrogens is 216 g/mol. The van der Waals surface area contributed by atoms with Gasteiger partial charge in [0.05, 0.1) is 11.6 Å². The van der Waals surface area contributed by atoms with Gasteiger partial charge in [0.1, 0.15) is 5.82 Å². The lowest BCUT2D eigenvalue weighted by Crippen LogP contribution is -2.37. The molecule has 1 atom stereocenters. The third-order valence-electron chi connectivity index (χ3n) is 3.74. The van der Waals surface area contributed by atoms with Crippen LogP contribution in [0, 0.1) is 5.41 Å². The summed E-state index contributed by atoms with van der Waals surface area (Å²) in [5, 5.41) is 13.1. The summed E-state index contributed by atoms with van der Waals surface area (Å²) in [4.78, 5) is 12.3. The maximum Gasteiger partial charge on any atom is 0.233 e. The number of nitrogens with one attached hydrogen (secondary N) is 3. The van der Waals surface area contributed by atoms with Crippen LogP contribution >= 0.6 is 0 Å². The number of aromatic amines is 1. The zero-order valence-corrected chi connectivity index (χ0v) is 10.5. The number of aromatic nitrogens is 2. The van der Waals surface area contributed by atoms with Gasteiger partial charge in [0, 0.05) is 12.1 Å². The molecule has 1 unspecified atom stereocenters. The van der Waals surface area contributed by atoms with Crippen molar-refractivity contribution in [2.75, 3.05) is 18.4 Å². The average molecular weight is 236 g/mol. The van der Waals surface area contributed by atoms with Gasteiger partial charge >= 0.3 is 0 Å². The van der Waals surface area contributed by atoms with Gasteiger partial charge < -0.3 is 10.6 Å². The minimum Gasteiger partial charge on any atom is -0.316 e. The van der Waals surface area contributed by atoms with Gasteiger partial charge in [-0.3, -0.25) is 9.89 Å². The highest BCUT2D eigenvalue weighted by molar-refractivity contribution is 5.95. The van der Waals surface area contributed by atoms with Crippen molar-refractivity contribution < 1.29 is 4.79 Å². The minimum absolute atomic E-state index is 0.101. The van der Waals surface area contributed by atoms with Gasteiger partial charge in [0.15, 0.2) is 0 Å². The molecule has 17 heavy (non-hydrogen) atoms. The van der Waals surface area contributed by atoms with Gasteiger partial charge in [-0.1, -0.05) is 13.8 Å². The van der Waals surface area contributed by atoms with E-state index in [0.29, 0.717) is 0 Å². The Hall–Kier alpha value is -1.36. The summed E-state index contributed by atoms with van der Waals surface area (Å²) in [6.07, 6.45) is 4.40. The predicted molar refractivity (Wildman–Crippen MR) is 66.8 cm³/mol. The molecule has 5 nitrogen and oxygen atoms in total. The molecule has 0 bridgehead atoms. The van der Waals surface area contributed by atoms with Crippen LogP contribution in [0.2, 0.25) is 0 Å². The maximum atomic E-state index is 12.3. The quantitative estimate of drug-likeness (QED) is 0.738. The first-order chi connectivity index (χ1) is 8.22. The Kier molecular flexibility index (Phi) is 3.47. The van der Waals surface area contributed by atoms with Crippen molar-refractivity contribution in [3.05, 3.63) is 11.8 Å². The Morgan fingerprint density at radius 3 is 3.00 bits per heavy atom. The van der Waals surface area contributed by atoms with Crippen molar-refractivity contribution in [3.8, 4) is 0 Å². The fourth-order valence-corrected chi connectivity index (χ4v) is 2.33. The topological polar surface area (TPSA) is 69.8 Å². The van der Waals surface area contributed by atoms with E-state index in [1.165, 1.54) is 0 Å². The normalized spacial score (nSPS) is 23.9. The SMILES string of the molecule is CCc1cn[nH]c1NC(=O)C1(CC)CCNC1. The summed E-state index contributed by atoms with van der Waals surface area (Å²) in [6.45, 7) is 5.81. The fourth-order valence-electron chi connectivity index (χ4n) is 2.33. The number of amides is 1. The molecule has 1 saturated heterocycles. The lowest BCUT2D eigenvalue weighted by molar-refractivity contribution is -0.124. The number of aryl methyl sites for hydroxylation is 1. The Labute approximate surface area is 101 Å². The molecule has 5 heteroatoms. The van der Waals surface area contributed by atoms with E-state index >= 15 is 0 Å². The van der Waals surface area contributed by atoms with E-state index in [9.17, 15) is 4.79 Å². The van der Waals surface area contributed by atoms with Gasteiger partial charge in [-0.05, 0) is 25.8 Å². The van der Waals surface area contributed by atoms with Crippen molar-refractivity contribution in [2.24, 2.45) is 5.41 Å².